The van der Waals surface area contributed by atoms with E-state index < -0.39 is 23.0 Å². The third-order valence-corrected chi connectivity index (χ3v) is 8.80. The van der Waals surface area contributed by atoms with E-state index >= 15 is 0 Å². The van der Waals surface area contributed by atoms with Gasteiger partial charge in [0.25, 0.3) is 11.8 Å². The normalized spacial score (nSPS) is 15.0. The summed E-state index contributed by atoms with van der Waals surface area (Å²) >= 11 is 13.6. The van der Waals surface area contributed by atoms with Crippen molar-refractivity contribution in [3.05, 3.63) is 129 Å². The maximum Gasteiger partial charge on any atom is 0.272 e. The van der Waals surface area contributed by atoms with Gasteiger partial charge in [0.1, 0.15) is 5.70 Å². The molecule has 0 saturated carbocycles. The zero-order chi connectivity index (χ0) is 32.1. The van der Waals surface area contributed by atoms with Gasteiger partial charge < -0.3 is 10.6 Å². The molecule has 4 aromatic carbocycles. The van der Waals surface area contributed by atoms with Gasteiger partial charge >= 0.3 is 0 Å². The average molecular weight is 659 g/mol. The number of thioether (sulfide) groups is 1. The summed E-state index contributed by atoms with van der Waals surface area (Å²) in [6, 6.07) is 28.0. The number of hydrogen-bond acceptors (Lipinski definition) is 5. The lowest BCUT2D eigenvalue weighted by atomic mass is 10.0. The molecule has 0 spiro atoms. The minimum absolute atomic E-state index is 0.0169. The number of rotatable bonds is 9. The van der Waals surface area contributed by atoms with Gasteiger partial charge in [-0.2, -0.15) is 0 Å². The van der Waals surface area contributed by atoms with Crippen LogP contribution in [-0.4, -0.2) is 28.9 Å². The Labute approximate surface area is 275 Å². The van der Waals surface area contributed by atoms with Crippen molar-refractivity contribution < 1.29 is 19.2 Å². The summed E-state index contributed by atoms with van der Waals surface area (Å²) in [5.41, 5.74) is 3.07. The third kappa shape index (κ3) is 7.84. The van der Waals surface area contributed by atoms with E-state index in [0.717, 1.165) is 16.0 Å². The van der Waals surface area contributed by atoms with E-state index in [0.29, 0.717) is 27.1 Å². The van der Waals surface area contributed by atoms with Crippen LogP contribution in [-0.2, 0) is 14.4 Å². The van der Waals surface area contributed by atoms with Crippen LogP contribution in [0.5, 0.6) is 0 Å². The van der Waals surface area contributed by atoms with Crippen LogP contribution in [0.15, 0.2) is 108 Å². The van der Waals surface area contributed by atoms with Crippen LogP contribution in [0.2, 0.25) is 10.0 Å². The quantitative estimate of drug-likeness (QED) is 0.141. The first kappa shape index (κ1) is 32.0. The molecule has 4 aromatic rings. The van der Waals surface area contributed by atoms with Crippen molar-refractivity contribution >= 4 is 76.0 Å². The van der Waals surface area contributed by atoms with Gasteiger partial charge in [-0.3, -0.25) is 19.2 Å². The number of halogens is 2. The van der Waals surface area contributed by atoms with Crippen molar-refractivity contribution in [2.45, 2.75) is 36.3 Å². The lowest BCUT2D eigenvalue weighted by molar-refractivity contribution is -0.121. The van der Waals surface area contributed by atoms with Crippen LogP contribution in [0, 0.1) is 0 Å². The van der Waals surface area contributed by atoms with Crippen LogP contribution in [0.3, 0.4) is 0 Å². The molecule has 0 unspecified atom stereocenters. The Balaban J connectivity index is 1.34. The fourth-order valence-electron chi connectivity index (χ4n) is 4.70. The Morgan fingerprint density at radius 1 is 0.911 bits per heavy atom. The van der Waals surface area contributed by atoms with Crippen molar-refractivity contribution in [1.29, 1.82) is 0 Å². The number of anilines is 2. The second-order valence-corrected chi connectivity index (χ2v) is 12.8. The summed E-state index contributed by atoms with van der Waals surface area (Å²) in [6.07, 6.45) is 1.61. The van der Waals surface area contributed by atoms with E-state index in [4.69, 9.17) is 23.2 Å². The van der Waals surface area contributed by atoms with Crippen molar-refractivity contribution in [2.75, 3.05) is 10.2 Å². The second-order valence-electron chi connectivity index (χ2n) is 10.7. The highest BCUT2D eigenvalue weighted by molar-refractivity contribution is 8.00. The Morgan fingerprint density at radius 3 is 2.36 bits per heavy atom. The molecule has 0 bridgehead atoms. The lowest BCUT2D eigenvalue weighted by Crippen LogP contribution is -2.31. The number of imide groups is 1. The molecule has 1 saturated heterocycles. The minimum Gasteiger partial charge on any atom is -0.321 e. The summed E-state index contributed by atoms with van der Waals surface area (Å²) in [7, 11) is 0. The van der Waals surface area contributed by atoms with Crippen molar-refractivity contribution in [3.8, 4) is 0 Å². The van der Waals surface area contributed by atoms with Crippen LogP contribution in [0.25, 0.3) is 6.08 Å². The van der Waals surface area contributed by atoms with E-state index in [1.807, 2.05) is 24.3 Å². The molecular weight excluding hydrogens is 629 g/mol. The molecular formula is C35H29Cl2N3O4S. The summed E-state index contributed by atoms with van der Waals surface area (Å²) in [4.78, 5) is 54.4. The molecule has 2 N–H and O–H groups in total. The zero-order valence-corrected chi connectivity index (χ0v) is 26.7. The van der Waals surface area contributed by atoms with Crippen molar-refractivity contribution in [1.82, 2.24) is 5.32 Å². The van der Waals surface area contributed by atoms with Crippen molar-refractivity contribution in [2.24, 2.45) is 0 Å². The Bertz CT molecular complexity index is 1790. The highest BCUT2D eigenvalue weighted by Crippen LogP contribution is 2.38. The number of carbonyl (C=O) groups excluding carboxylic acids is 4. The predicted octanol–water partition coefficient (Wildman–Crippen LogP) is 7.95. The third-order valence-electron chi connectivity index (χ3n) is 7.07. The fourth-order valence-corrected chi connectivity index (χ4v) is 6.18. The highest BCUT2D eigenvalue weighted by atomic mass is 35.5. The SMILES string of the molecule is CC(C)c1ccc(/C=C(/NC(=O)c2ccccc2)C(=O)Nc2cccc(S[C@H]3CC(=O)N(c4cc(Cl)ccc4Cl)C3=O)c2)cc1. The van der Waals surface area contributed by atoms with Gasteiger partial charge in [-0.1, -0.05) is 85.6 Å². The molecule has 1 aliphatic rings. The predicted molar refractivity (Wildman–Crippen MR) is 181 cm³/mol. The average Bonchev–Trinajstić information content (AvgIpc) is 3.30. The highest BCUT2D eigenvalue weighted by Gasteiger charge is 2.41. The summed E-state index contributed by atoms with van der Waals surface area (Å²) in [5.74, 6) is -1.38. The van der Waals surface area contributed by atoms with Crippen LogP contribution in [0.4, 0.5) is 11.4 Å². The maximum atomic E-state index is 13.5. The van der Waals surface area contributed by atoms with Crippen molar-refractivity contribution in [3.63, 3.8) is 0 Å². The summed E-state index contributed by atoms with van der Waals surface area (Å²) in [5, 5.41) is 5.52. The smallest absolute Gasteiger partial charge is 0.272 e. The molecule has 45 heavy (non-hydrogen) atoms. The van der Waals surface area contributed by atoms with Crippen LogP contribution in [0.1, 0.15) is 47.7 Å². The number of amides is 4. The van der Waals surface area contributed by atoms with Gasteiger partial charge in [-0.05, 0) is 71.7 Å². The molecule has 1 atom stereocenters. The second kappa shape index (κ2) is 14.2. The molecule has 4 amide bonds. The zero-order valence-electron chi connectivity index (χ0n) is 24.4. The molecule has 0 aliphatic carbocycles. The van der Waals surface area contributed by atoms with Crippen LogP contribution < -0.4 is 15.5 Å². The van der Waals surface area contributed by atoms with E-state index in [1.54, 1.807) is 66.7 Å². The van der Waals surface area contributed by atoms with Gasteiger partial charge in [0, 0.05) is 27.6 Å². The monoisotopic (exact) mass is 657 g/mol. The first-order chi connectivity index (χ1) is 21.6. The Morgan fingerprint density at radius 2 is 1.64 bits per heavy atom. The molecule has 1 fully saturated rings. The number of hydrogen-bond donors (Lipinski definition) is 2. The molecule has 5 rings (SSSR count). The van der Waals surface area contributed by atoms with Gasteiger partial charge in [-0.15, -0.1) is 11.8 Å². The first-order valence-corrected chi connectivity index (χ1v) is 15.8. The number of nitrogens with zero attached hydrogens (tertiary/aromatic N) is 1. The van der Waals surface area contributed by atoms with Gasteiger partial charge in [0.05, 0.1) is 16.0 Å². The number of carbonyl (C=O) groups is 4. The van der Waals surface area contributed by atoms with Crippen LogP contribution >= 0.6 is 35.0 Å². The standard InChI is InChI=1S/C35H29Cl2N3O4S/c1-21(2)23-13-11-22(12-14-23)17-29(39-33(42)24-7-4-3-5-8-24)34(43)38-26-9-6-10-27(19-26)45-31-20-32(41)40(35(31)44)30-18-25(36)15-16-28(30)37/h3-19,21,31H,20H2,1-2H3,(H,38,43)(H,39,42)/b29-17+/t31-/m0/s1. The van der Waals surface area contributed by atoms with E-state index in [1.165, 1.54) is 23.9 Å². The topological polar surface area (TPSA) is 95.6 Å². The molecule has 10 heteroatoms. The number of benzene rings is 4. The fraction of sp³-hybridized carbons (Fsp3) is 0.143. The lowest BCUT2D eigenvalue weighted by Gasteiger charge is -2.17. The summed E-state index contributed by atoms with van der Waals surface area (Å²) < 4.78 is 0. The molecule has 228 valence electrons. The van der Waals surface area contributed by atoms with Gasteiger partial charge in [0.2, 0.25) is 11.8 Å². The molecule has 1 heterocycles. The van der Waals surface area contributed by atoms with Gasteiger partial charge in [-0.25, -0.2) is 4.90 Å². The summed E-state index contributed by atoms with van der Waals surface area (Å²) in [6.45, 7) is 4.20. The van der Waals surface area contributed by atoms with Gasteiger partial charge in [0.15, 0.2) is 0 Å². The molecule has 0 radical (unpaired) electrons. The largest absolute Gasteiger partial charge is 0.321 e. The first-order valence-electron chi connectivity index (χ1n) is 14.2. The maximum absolute atomic E-state index is 13.5. The minimum atomic E-state index is -0.687. The molecule has 7 nitrogen and oxygen atoms in total. The molecule has 1 aliphatic heterocycles. The Kier molecular flexibility index (Phi) is 10.1. The molecule has 0 aromatic heterocycles. The van der Waals surface area contributed by atoms with E-state index in [-0.39, 0.29) is 28.7 Å². The van der Waals surface area contributed by atoms with E-state index in [2.05, 4.69) is 24.5 Å². The van der Waals surface area contributed by atoms with E-state index in [9.17, 15) is 19.2 Å². The number of nitrogens with one attached hydrogen (secondary N) is 2. The Hall–Kier alpha value is -4.37.